The van der Waals surface area contributed by atoms with E-state index in [1.54, 1.807) is 5.57 Å². The van der Waals surface area contributed by atoms with Crippen LogP contribution in [0.4, 0.5) is 5.69 Å². The van der Waals surface area contributed by atoms with Gasteiger partial charge in [-0.3, -0.25) is 0 Å². The zero-order chi connectivity index (χ0) is 59.3. The molecule has 0 bridgehead atoms. The Balaban J connectivity index is 0.822. The third-order valence-electron chi connectivity index (χ3n) is 21.5. The standard InChI is InChI=1S/C87H77N/c1-6-19-58-39-49-82-77(69(58)9-4)55-78-70-24-12-10-22-59(70)40-50-83(78)87(82)80-30-17-15-27-75(80)85-73(28-18-31-84(85)87)60-36-45-67(46-37-60)88(66-43-34-57(35-44-66)61-38-48-72-63(52-61)53-62-23-11-13-25-71(62)72)68-47-51-81-76(54-68)74-26-14-16-29-79(74)86(81,64(20-7-2)21-8-3)65-41-32-56(5)33-42-65/h6-7,9-12,14-24,26-27,29-32,34,36,38-43,45-52,54,56,60,73H,4,8,13,25,28,33,35,37,44,53,55H2,1-3,5H3/b19-6-,20-7-,64-21+. The van der Waals surface area contributed by atoms with E-state index in [-0.39, 0.29) is 0 Å². The topological polar surface area (TPSA) is 3.24 Å². The van der Waals surface area contributed by atoms with Crippen molar-refractivity contribution >= 4 is 45.3 Å². The van der Waals surface area contributed by atoms with E-state index in [4.69, 9.17) is 0 Å². The fourth-order valence-corrected chi connectivity index (χ4v) is 17.8. The first kappa shape index (κ1) is 54.4. The van der Waals surface area contributed by atoms with Gasteiger partial charge in [0.25, 0.3) is 0 Å². The van der Waals surface area contributed by atoms with E-state index in [1.807, 2.05) is 0 Å². The molecule has 1 spiro atoms. The first-order chi connectivity index (χ1) is 43.4. The third kappa shape index (κ3) is 8.11. The van der Waals surface area contributed by atoms with E-state index < -0.39 is 10.8 Å². The van der Waals surface area contributed by atoms with Gasteiger partial charge in [-0.25, -0.2) is 0 Å². The summed E-state index contributed by atoms with van der Waals surface area (Å²) in [6, 6.07) is 52.4. The van der Waals surface area contributed by atoms with Gasteiger partial charge in [0.2, 0.25) is 0 Å². The van der Waals surface area contributed by atoms with Crippen molar-refractivity contribution in [3.05, 3.63) is 343 Å². The van der Waals surface area contributed by atoms with E-state index in [1.165, 1.54) is 145 Å². The molecule has 0 heterocycles. The normalized spacial score (nSPS) is 23.5. The fraction of sp³-hybridized carbons (Fsp3) is 0.218. The van der Waals surface area contributed by atoms with Crippen LogP contribution in [-0.4, -0.2) is 0 Å². The molecule has 5 atom stereocenters. The van der Waals surface area contributed by atoms with Crippen LogP contribution in [0.3, 0.4) is 0 Å². The smallest absolute Gasteiger partial charge is 0.0716 e. The zero-order valence-corrected chi connectivity index (χ0v) is 51.6. The van der Waals surface area contributed by atoms with Crippen molar-refractivity contribution in [1.29, 1.82) is 0 Å². The maximum atomic E-state index is 4.49. The molecule has 16 rings (SSSR count). The second-order valence-corrected chi connectivity index (χ2v) is 26.0. The second-order valence-electron chi connectivity index (χ2n) is 26.0. The Morgan fingerprint density at radius 2 is 1.48 bits per heavy atom. The number of hydrogen-bond donors (Lipinski definition) is 0. The number of hydrogen-bond acceptors (Lipinski definition) is 1. The highest BCUT2D eigenvalue weighted by molar-refractivity contribution is 5.96. The van der Waals surface area contributed by atoms with Gasteiger partial charge in [-0.1, -0.05) is 239 Å². The quantitative estimate of drug-likeness (QED) is 0.117. The second kappa shape index (κ2) is 21.7. The van der Waals surface area contributed by atoms with Gasteiger partial charge in [-0.15, -0.1) is 0 Å². The van der Waals surface area contributed by atoms with Crippen molar-refractivity contribution in [2.24, 2.45) is 17.8 Å². The number of benzene rings is 7. The Bertz CT molecular complexity index is 4580. The van der Waals surface area contributed by atoms with Crippen molar-refractivity contribution in [2.75, 3.05) is 4.90 Å². The van der Waals surface area contributed by atoms with E-state index in [9.17, 15) is 0 Å². The Hall–Kier alpha value is -9.04. The van der Waals surface area contributed by atoms with Gasteiger partial charge in [0, 0.05) is 17.1 Å². The van der Waals surface area contributed by atoms with Gasteiger partial charge in [0.05, 0.1) is 10.8 Å². The van der Waals surface area contributed by atoms with Gasteiger partial charge in [-0.2, -0.15) is 0 Å². The monoisotopic (exact) mass is 1140 g/mol. The number of fused-ring (bicyclic) bond motifs is 15. The highest BCUT2D eigenvalue weighted by atomic mass is 15.2. The largest absolute Gasteiger partial charge is 0.315 e. The summed E-state index contributed by atoms with van der Waals surface area (Å²) in [6.45, 7) is 13.4. The first-order valence-corrected chi connectivity index (χ1v) is 32.9. The molecule has 1 nitrogen and oxygen atoms in total. The van der Waals surface area contributed by atoms with Crippen LogP contribution >= 0.6 is 0 Å². The molecule has 0 saturated carbocycles. The van der Waals surface area contributed by atoms with Crippen LogP contribution in [-0.2, 0) is 23.7 Å². The molecule has 0 fully saturated rings. The lowest BCUT2D eigenvalue weighted by Crippen LogP contribution is -2.36. The van der Waals surface area contributed by atoms with Crippen molar-refractivity contribution in [2.45, 2.75) is 103 Å². The van der Waals surface area contributed by atoms with Crippen LogP contribution in [0.1, 0.15) is 151 Å². The molecule has 0 radical (unpaired) electrons. The summed E-state index contributed by atoms with van der Waals surface area (Å²) in [6.07, 6.45) is 53.5. The molecule has 5 unspecified atom stereocenters. The van der Waals surface area contributed by atoms with Crippen LogP contribution < -0.4 is 4.90 Å². The molecule has 0 aliphatic heterocycles. The molecule has 0 amide bonds. The molecule has 430 valence electrons. The molecule has 9 aliphatic rings. The summed E-state index contributed by atoms with van der Waals surface area (Å²) in [5.41, 5.74) is 33.8. The molecular formula is C87H77N. The van der Waals surface area contributed by atoms with Crippen molar-refractivity contribution in [1.82, 2.24) is 0 Å². The molecule has 7 aromatic rings. The number of anilines is 1. The molecule has 1 heteroatoms. The average Bonchev–Trinajstić information content (AvgIpc) is 1.47. The lowest BCUT2D eigenvalue weighted by Gasteiger charge is -2.43. The minimum absolute atomic E-state index is 0.292. The molecule has 0 N–H and O–H groups in total. The molecule has 88 heavy (non-hydrogen) atoms. The highest BCUT2D eigenvalue weighted by Crippen LogP contribution is 2.64. The van der Waals surface area contributed by atoms with Crippen molar-refractivity contribution < 1.29 is 0 Å². The van der Waals surface area contributed by atoms with Gasteiger partial charge in [0.1, 0.15) is 0 Å². The maximum absolute atomic E-state index is 4.49. The van der Waals surface area contributed by atoms with E-state index in [0.29, 0.717) is 17.8 Å². The van der Waals surface area contributed by atoms with Crippen LogP contribution in [0.2, 0.25) is 0 Å². The molecule has 7 aromatic carbocycles. The Morgan fingerprint density at radius 1 is 0.659 bits per heavy atom. The first-order valence-electron chi connectivity index (χ1n) is 32.9. The van der Waals surface area contributed by atoms with Gasteiger partial charge < -0.3 is 4.90 Å². The SMILES string of the molecule is C=Cc1c(/C=C\C)ccc2c1Cc1c(ccc3ccccc13)C21C2=C(c3ccccc31)C(C1C=CC(N(C3=CC=C(c4ccc5c(c4)CC4=C5CCC=C4)CC3)c3ccc4c(c3)-c3ccccc3C4(C3=CCC(C)C=C3)C(/C=C\C)=C/CC)=CC1)CC=C2. The summed E-state index contributed by atoms with van der Waals surface area (Å²) >= 11 is 0. The van der Waals surface area contributed by atoms with Crippen LogP contribution in [0.25, 0.3) is 50.8 Å². The van der Waals surface area contributed by atoms with E-state index >= 15 is 0 Å². The van der Waals surface area contributed by atoms with Crippen LogP contribution in [0.5, 0.6) is 0 Å². The van der Waals surface area contributed by atoms with Gasteiger partial charge >= 0.3 is 0 Å². The predicted octanol–water partition coefficient (Wildman–Crippen LogP) is 22.2. The van der Waals surface area contributed by atoms with Crippen molar-refractivity contribution in [3.8, 4) is 11.1 Å². The molecular weight excluding hydrogens is 1060 g/mol. The summed E-state index contributed by atoms with van der Waals surface area (Å²) in [4.78, 5) is 2.64. The zero-order valence-electron chi connectivity index (χ0n) is 51.6. The van der Waals surface area contributed by atoms with E-state index in [2.05, 4.69) is 282 Å². The van der Waals surface area contributed by atoms with Crippen molar-refractivity contribution in [3.63, 3.8) is 0 Å². The average molecular weight is 1140 g/mol. The predicted molar refractivity (Wildman–Crippen MR) is 374 cm³/mol. The molecule has 0 aromatic heterocycles. The minimum Gasteiger partial charge on any atom is -0.315 e. The lowest BCUT2D eigenvalue weighted by atomic mass is 9.59. The summed E-state index contributed by atoms with van der Waals surface area (Å²) in [7, 11) is 0. The van der Waals surface area contributed by atoms with Crippen LogP contribution in [0.15, 0.2) is 271 Å². The van der Waals surface area contributed by atoms with Gasteiger partial charge in [0.15, 0.2) is 0 Å². The lowest BCUT2D eigenvalue weighted by molar-refractivity contribution is 0.487. The highest BCUT2D eigenvalue weighted by Gasteiger charge is 2.54. The minimum atomic E-state index is -0.477. The summed E-state index contributed by atoms with van der Waals surface area (Å²) in [5.74, 6) is 1.11. The maximum Gasteiger partial charge on any atom is 0.0716 e. The third-order valence-corrected chi connectivity index (χ3v) is 21.5. The summed E-state index contributed by atoms with van der Waals surface area (Å²) < 4.78 is 0. The number of allylic oxidation sites excluding steroid dienone is 24. The number of rotatable bonds is 11. The Kier molecular flexibility index (Phi) is 13.4. The molecule has 9 aliphatic carbocycles. The Labute approximate surface area is 522 Å². The number of nitrogens with zero attached hydrogens (tertiary/aromatic N) is 1. The van der Waals surface area contributed by atoms with Gasteiger partial charge in [-0.05, 0) is 253 Å². The molecule has 0 saturated heterocycles. The Morgan fingerprint density at radius 3 is 2.28 bits per heavy atom. The summed E-state index contributed by atoms with van der Waals surface area (Å²) in [5, 5.41) is 2.64. The van der Waals surface area contributed by atoms with Crippen LogP contribution in [0, 0.1) is 17.8 Å². The van der Waals surface area contributed by atoms with E-state index in [0.717, 1.165) is 64.2 Å². The fourth-order valence-electron chi connectivity index (χ4n) is 17.8.